The van der Waals surface area contributed by atoms with Crippen molar-refractivity contribution in [2.24, 2.45) is 10.9 Å². The zero-order chi connectivity index (χ0) is 12.8. The second kappa shape index (κ2) is 6.49. The van der Waals surface area contributed by atoms with E-state index in [0.29, 0.717) is 6.42 Å². The summed E-state index contributed by atoms with van der Waals surface area (Å²) in [5, 5.41) is 0. The molecule has 92 valence electrons. The van der Waals surface area contributed by atoms with Crippen molar-refractivity contribution in [2.45, 2.75) is 13.3 Å². The molecule has 1 heterocycles. The SMILES string of the molecule is CN=C(C)C(Cc1ccc(Br)cn1)C(=O)OC. The number of ether oxygens (including phenoxy) is 1. The summed E-state index contributed by atoms with van der Waals surface area (Å²) in [7, 11) is 3.05. The van der Waals surface area contributed by atoms with Crippen LogP contribution in [0.3, 0.4) is 0 Å². The van der Waals surface area contributed by atoms with E-state index in [-0.39, 0.29) is 11.9 Å². The summed E-state index contributed by atoms with van der Waals surface area (Å²) in [6.45, 7) is 1.82. The Morgan fingerprint density at radius 1 is 1.59 bits per heavy atom. The first-order valence-electron chi connectivity index (χ1n) is 5.20. The standard InChI is InChI=1S/C12H15BrN2O2/c1-8(14-2)11(12(16)17-3)6-10-5-4-9(13)7-15-10/h4-5,7,11H,6H2,1-3H3. The Kier molecular flexibility index (Phi) is 5.28. The molecule has 0 saturated heterocycles. The number of nitrogens with zero attached hydrogens (tertiary/aromatic N) is 2. The van der Waals surface area contributed by atoms with Crippen molar-refractivity contribution in [1.82, 2.24) is 4.98 Å². The van der Waals surface area contributed by atoms with Crippen LogP contribution < -0.4 is 0 Å². The Balaban J connectivity index is 2.86. The number of aromatic nitrogens is 1. The second-order valence-electron chi connectivity index (χ2n) is 3.61. The first-order chi connectivity index (χ1) is 8.08. The number of methoxy groups -OCH3 is 1. The second-order valence-corrected chi connectivity index (χ2v) is 4.53. The van der Waals surface area contributed by atoms with E-state index < -0.39 is 0 Å². The maximum absolute atomic E-state index is 11.6. The van der Waals surface area contributed by atoms with Crippen LogP contribution in [0.5, 0.6) is 0 Å². The molecule has 0 saturated carbocycles. The van der Waals surface area contributed by atoms with E-state index in [4.69, 9.17) is 4.74 Å². The number of carbonyl (C=O) groups is 1. The highest BCUT2D eigenvalue weighted by molar-refractivity contribution is 9.10. The molecule has 0 bridgehead atoms. The smallest absolute Gasteiger partial charge is 0.314 e. The van der Waals surface area contributed by atoms with Crippen molar-refractivity contribution in [3.05, 3.63) is 28.5 Å². The van der Waals surface area contributed by atoms with Crippen LogP contribution in [-0.2, 0) is 16.0 Å². The van der Waals surface area contributed by atoms with E-state index in [1.165, 1.54) is 7.11 Å². The summed E-state index contributed by atoms with van der Waals surface area (Å²) in [6.07, 6.45) is 2.21. The quantitative estimate of drug-likeness (QED) is 0.633. The Bertz CT molecular complexity index is 415. The number of aliphatic imine (C=N–C) groups is 1. The molecule has 0 aliphatic heterocycles. The normalized spacial score (nSPS) is 13.3. The highest BCUT2D eigenvalue weighted by atomic mass is 79.9. The fourth-order valence-corrected chi connectivity index (χ4v) is 1.67. The van der Waals surface area contributed by atoms with Crippen molar-refractivity contribution < 1.29 is 9.53 Å². The number of carbonyl (C=O) groups excluding carboxylic acids is 1. The van der Waals surface area contributed by atoms with Crippen molar-refractivity contribution >= 4 is 27.6 Å². The van der Waals surface area contributed by atoms with Crippen LogP contribution >= 0.6 is 15.9 Å². The predicted octanol–water partition coefficient (Wildman–Crippen LogP) is 2.27. The van der Waals surface area contributed by atoms with Crippen LogP contribution in [-0.4, -0.2) is 30.8 Å². The summed E-state index contributed by atoms with van der Waals surface area (Å²) in [5.74, 6) is -0.642. The van der Waals surface area contributed by atoms with Gasteiger partial charge in [0, 0.05) is 35.5 Å². The average Bonchev–Trinajstić information content (AvgIpc) is 2.36. The molecule has 1 rings (SSSR count). The zero-order valence-electron chi connectivity index (χ0n) is 10.1. The van der Waals surface area contributed by atoms with Crippen LogP contribution in [0.4, 0.5) is 0 Å². The highest BCUT2D eigenvalue weighted by Crippen LogP contribution is 2.13. The lowest BCUT2D eigenvalue weighted by Crippen LogP contribution is -2.26. The fraction of sp³-hybridized carbons (Fsp3) is 0.417. The molecule has 0 spiro atoms. The number of halogens is 1. The van der Waals surface area contributed by atoms with E-state index >= 15 is 0 Å². The van der Waals surface area contributed by atoms with Crippen LogP contribution in [0.15, 0.2) is 27.8 Å². The lowest BCUT2D eigenvalue weighted by molar-refractivity contribution is -0.143. The third-order valence-corrected chi connectivity index (χ3v) is 3.01. The molecule has 0 aliphatic carbocycles. The summed E-state index contributed by atoms with van der Waals surface area (Å²) in [6, 6.07) is 3.78. The molecule has 17 heavy (non-hydrogen) atoms. The largest absolute Gasteiger partial charge is 0.469 e. The van der Waals surface area contributed by atoms with E-state index in [9.17, 15) is 4.79 Å². The van der Waals surface area contributed by atoms with Gasteiger partial charge >= 0.3 is 5.97 Å². The molecule has 1 atom stereocenters. The Labute approximate surface area is 109 Å². The van der Waals surface area contributed by atoms with Crippen LogP contribution in [0.25, 0.3) is 0 Å². The summed E-state index contributed by atoms with van der Waals surface area (Å²) >= 11 is 3.32. The Morgan fingerprint density at radius 3 is 2.76 bits per heavy atom. The molecule has 4 nitrogen and oxygen atoms in total. The monoisotopic (exact) mass is 298 g/mol. The molecule has 5 heteroatoms. The van der Waals surface area contributed by atoms with Crippen LogP contribution in [0.1, 0.15) is 12.6 Å². The van der Waals surface area contributed by atoms with Crippen molar-refractivity contribution in [3.63, 3.8) is 0 Å². The average molecular weight is 299 g/mol. The molecule has 1 aromatic heterocycles. The highest BCUT2D eigenvalue weighted by Gasteiger charge is 2.22. The van der Waals surface area contributed by atoms with Gasteiger partial charge in [0.15, 0.2) is 0 Å². The van der Waals surface area contributed by atoms with E-state index in [1.54, 1.807) is 13.2 Å². The van der Waals surface area contributed by atoms with Gasteiger partial charge in [-0.15, -0.1) is 0 Å². The predicted molar refractivity (Wildman–Crippen MR) is 70.2 cm³/mol. The molecule has 1 unspecified atom stereocenters. The van der Waals surface area contributed by atoms with Crippen molar-refractivity contribution in [1.29, 1.82) is 0 Å². The molecule has 0 radical (unpaired) electrons. The van der Waals surface area contributed by atoms with Gasteiger partial charge < -0.3 is 4.74 Å². The maximum Gasteiger partial charge on any atom is 0.314 e. The number of rotatable bonds is 4. The van der Waals surface area contributed by atoms with Gasteiger partial charge in [0.1, 0.15) is 0 Å². The fourth-order valence-electron chi connectivity index (χ4n) is 1.44. The van der Waals surface area contributed by atoms with Gasteiger partial charge in [0.25, 0.3) is 0 Å². The molecule has 0 aromatic carbocycles. The first-order valence-corrected chi connectivity index (χ1v) is 5.99. The summed E-state index contributed by atoms with van der Waals surface area (Å²) in [5.41, 5.74) is 1.59. The van der Waals surface area contributed by atoms with Gasteiger partial charge in [-0.3, -0.25) is 14.8 Å². The first kappa shape index (κ1) is 13.8. The van der Waals surface area contributed by atoms with E-state index in [2.05, 4.69) is 25.9 Å². The number of pyridine rings is 1. The van der Waals surface area contributed by atoms with Gasteiger partial charge in [-0.05, 0) is 35.0 Å². The number of hydrogen-bond acceptors (Lipinski definition) is 4. The minimum Gasteiger partial charge on any atom is -0.469 e. The van der Waals surface area contributed by atoms with Gasteiger partial charge in [0.2, 0.25) is 0 Å². The zero-order valence-corrected chi connectivity index (χ0v) is 11.7. The molecule has 0 amide bonds. The number of hydrogen-bond donors (Lipinski definition) is 0. The van der Waals surface area contributed by atoms with Crippen LogP contribution in [0.2, 0.25) is 0 Å². The Hall–Kier alpha value is -1.23. The minimum atomic E-state index is -0.362. The maximum atomic E-state index is 11.6. The van der Waals surface area contributed by atoms with Crippen molar-refractivity contribution in [3.8, 4) is 0 Å². The molecular formula is C12H15BrN2O2. The van der Waals surface area contributed by atoms with Crippen LogP contribution in [0, 0.1) is 5.92 Å². The van der Waals surface area contributed by atoms with E-state index in [1.807, 2.05) is 19.1 Å². The minimum absolute atomic E-state index is 0.280. The van der Waals surface area contributed by atoms with Gasteiger partial charge in [0.05, 0.1) is 13.0 Å². The van der Waals surface area contributed by atoms with Gasteiger partial charge in [-0.1, -0.05) is 0 Å². The Morgan fingerprint density at radius 2 is 2.29 bits per heavy atom. The van der Waals surface area contributed by atoms with Gasteiger partial charge in [-0.25, -0.2) is 0 Å². The lowest BCUT2D eigenvalue weighted by Gasteiger charge is -2.13. The summed E-state index contributed by atoms with van der Waals surface area (Å²) in [4.78, 5) is 19.9. The van der Waals surface area contributed by atoms with E-state index in [0.717, 1.165) is 15.9 Å². The molecule has 0 aliphatic rings. The number of esters is 1. The third kappa shape index (κ3) is 3.93. The summed E-state index contributed by atoms with van der Waals surface area (Å²) < 4.78 is 5.69. The molecule has 0 N–H and O–H groups in total. The topological polar surface area (TPSA) is 51.5 Å². The molecule has 0 fully saturated rings. The molecular weight excluding hydrogens is 284 g/mol. The third-order valence-electron chi connectivity index (χ3n) is 2.54. The van der Waals surface area contributed by atoms with Gasteiger partial charge in [-0.2, -0.15) is 0 Å². The van der Waals surface area contributed by atoms with Crippen molar-refractivity contribution in [2.75, 3.05) is 14.2 Å². The lowest BCUT2D eigenvalue weighted by atomic mass is 9.98. The molecule has 1 aromatic rings.